The summed E-state index contributed by atoms with van der Waals surface area (Å²) >= 11 is 0. The summed E-state index contributed by atoms with van der Waals surface area (Å²) in [6, 6.07) is 13.2. The van der Waals surface area contributed by atoms with E-state index in [0.29, 0.717) is 5.75 Å². The lowest BCUT2D eigenvalue weighted by atomic mass is 9.94. The maximum absolute atomic E-state index is 11.6. The highest BCUT2D eigenvalue weighted by Gasteiger charge is 2.23. The second-order valence-corrected chi connectivity index (χ2v) is 5.61. The van der Waals surface area contributed by atoms with E-state index in [1.165, 1.54) is 0 Å². The van der Waals surface area contributed by atoms with Gasteiger partial charge in [0, 0.05) is 10.9 Å². The summed E-state index contributed by atoms with van der Waals surface area (Å²) in [6.45, 7) is 1.69. The molecule has 24 heavy (non-hydrogen) atoms. The molecule has 5 nitrogen and oxygen atoms in total. The molecule has 5 heteroatoms. The first-order chi connectivity index (χ1) is 11.5. The molecule has 3 aromatic rings. The third kappa shape index (κ3) is 2.69. The van der Waals surface area contributed by atoms with Crippen molar-refractivity contribution >= 4 is 16.9 Å². The Balaban J connectivity index is 2.25. The van der Waals surface area contributed by atoms with Gasteiger partial charge < -0.3 is 19.6 Å². The fourth-order valence-corrected chi connectivity index (χ4v) is 2.88. The van der Waals surface area contributed by atoms with Crippen molar-refractivity contribution in [3.05, 3.63) is 48.0 Å². The van der Waals surface area contributed by atoms with E-state index in [4.69, 9.17) is 9.47 Å². The van der Waals surface area contributed by atoms with E-state index < -0.39 is 11.9 Å². The topological polar surface area (TPSA) is 71.5 Å². The zero-order valence-electron chi connectivity index (χ0n) is 13.8. The molecule has 1 unspecified atom stereocenters. The van der Waals surface area contributed by atoms with Gasteiger partial charge in [0.1, 0.15) is 11.5 Å². The number of carbonyl (C=O) groups is 1. The third-order valence-electron chi connectivity index (χ3n) is 4.23. The standard InChI is InChI=1S/C19H19NO4/c1-11(19(21)22)17-15-10-14(24-3)8-9-16(15)20-18(17)12-4-6-13(23-2)7-5-12/h4-11,20H,1-3H3,(H,21,22). The first-order valence-corrected chi connectivity index (χ1v) is 7.62. The van der Waals surface area contributed by atoms with Gasteiger partial charge in [-0.25, -0.2) is 0 Å². The number of benzene rings is 2. The number of aromatic amines is 1. The molecule has 0 aliphatic heterocycles. The number of carboxylic acid groups (broad SMARTS) is 1. The number of hydrogen-bond acceptors (Lipinski definition) is 3. The molecular weight excluding hydrogens is 306 g/mol. The Hall–Kier alpha value is -2.95. The number of rotatable bonds is 5. The van der Waals surface area contributed by atoms with Crippen molar-refractivity contribution in [2.45, 2.75) is 12.8 Å². The van der Waals surface area contributed by atoms with Crippen molar-refractivity contribution < 1.29 is 19.4 Å². The van der Waals surface area contributed by atoms with Gasteiger partial charge in [-0.2, -0.15) is 0 Å². The first kappa shape index (κ1) is 15.9. The molecule has 0 bridgehead atoms. The second kappa shape index (κ2) is 6.28. The van der Waals surface area contributed by atoms with E-state index in [1.807, 2.05) is 42.5 Å². The summed E-state index contributed by atoms with van der Waals surface area (Å²) in [5, 5.41) is 10.4. The minimum Gasteiger partial charge on any atom is -0.497 e. The average Bonchev–Trinajstić information content (AvgIpc) is 2.99. The number of fused-ring (bicyclic) bond motifs is 1. The summed E-state index contributed by atoms with van der Waals surface area (Å²) in [5.74, 6) is -0.0672. The van der Waals surface area contributed by atoms with Crippen molar-refractivity contribution in [2.24, 2.45) is 0 Å². The lowest BCUT2D eigenvalue weighted by molar-refractivity contribution is -0.138. The quantitative estimate of drug-likeness (QED) is 0.742. The van der Waals surface area contributed by atoms with Crippen LogP contribution in [0.1, 0.15) is 18.4 Å². The number of carboxylic acids is 1. The summed E-state index contributed by atoms with van der Waals surface area (Å²) in [6.07, 6.45) is 0. The van der Waals surface area contributed by atoms with Crippen LogP contribution in [0.25, 0.3) is 22.2 Å². The number of nitrogens with one attached hydrogen (secondary N) is 1. The molecule has 0 aliphatic carbocycles. The highest BCUT2D eigenvalue weighted by molar-refractivity contribution is 5.96. The zero-order valence-corrected chi connectivity index (χ0v) is 13.8. The summed E-state index contributed by atoms with van der Waals surface area (Å²) in [4.78, 5) is 15.0. The summed E-state index contributed by atoms with van der Waals surface area (Å²) in [5.41, 5.74) is 3.34. The van der Waals surface area contributed by atoms with E-state index in [-0.39, 0.29) is 0 Å². The van der Waals surface area contributed by atoms with Gasteiger partial charge in [-0.1, -0.05) is 0 Å². The Morgan fingerprint density at radius 3 is 2.25 bits per heavy atom. The molecular formula is C19H19NO4. The van der Waals surface area contributed by atoms with Crippen molar-refractivity contribution in [3.63, 3.8) is 0 Å². The molecule has 0 spiro atoms. The Bertz CT molecular complexity index is 880. The Morgan fingerprint density at radius 1 is 1.04 bits per heavy atom. The minimum atomic E-state index is -0.867. The number of aromatic nitrogens is 1. The Labute approximate surface area is 139 Å². The number of methoxy groups -OCH3 is 2. The number of hydrogen-bond donors (Lipinski definition) is 2. The van der Waals surface area contributed by atoms with Crippen molar-refractivity contribution in [3.8, 4) is 22.8 Å². The van der Waals surface area contributed by atoms with Crippen molar-refractivity contribution in [2.75, 3.05) is 14.2 Å². The fourth-order valence-electron chi connectivity index (χ4n) is 2.88. The maximum Gasteiger partial charge on any atom is 0.310 e. The van der Waals surface area contributed by atoms with E-state index in [1.54, 1.807) is 21.1 Å². The van der Waals surface area contributed by atoms with Crippen LogP contribution in [0.15, 0.2) is 42.5 Å². The molecule has 124 valence electrons. The van der Waals surface area contributed by atoms with Crippen LogP contribution in [-0.2, 0) is 4.79 Å². The van der Waals surface area contributed by atoms with Crippen molar-refractivity contribution in [1.29, 1.82) is 0 Å². The maximum atomic E-state index is 11.6. The van der Waals surface area contributed by atoms with Crippen LogP contribution in [0.3, 0.4) is 0 Å². The van der Waals surface area contributed by atoms with Gasteiger partial charge in [-0.15, -0.1) is 0 Å². The SMILES string of the molecule is COc1ccc(-c2[nH]c3ccc(OC)cc3c2C(C)C(=O)O)cc1. The lowest BCUT2D eigenvalue weighted by Gasteiger charge is -2.10. The van der Waals surface area contributed by atoms with E-state index in [0.717, 1.165) is 33.5 Å². The zero-order chi connectivity index (χ0) is 17.3. The van der Waals surface area contributed by atoms with Crippen molar-refractivity contribution in [1.82, 2.24) is 4.98 Å². The molecule has 2 N–H and O–H groups in total. The predicted molar refractivity (Wildman–Crippen MR) is 92.9 cm³/mol. The molecule has 2 aromatic carbocycles. The van der Waals surface area contributed by atoms with E-state index >= 15 is 0 Å². The molecule has 0 radical (unpaired) electrons. The van der Waals surface area contributed by atoms with Crippen LogP contribution in [0.4, 0.5) is 0 Å². The Morgan fingerprint density at radius 2 is 1.67 bits per heavy atom. The van der Waals surface area contributed by atoms with Gasteiger partial charge in [0.25, 0.3) is 0 Å². The molecule has 0 aliphatic rings. The molecule has 0 saturated heterocycles. The molecule has 1 heterocycles. The fraction of sp³-hybridized carbons (Fsp3) is 0.211. The summed E-state index contributed by atoms with van der Waals surface area (Å²) < 4.78 is 10.5. The number of H-pyrrole nitrogens is 1. The van der Waals surface area contributed by atoms with Gasteiger partial charge in [-0.05, 0) is 60.5 Å². The minimum absolute atomic E-state index is 0.650. The van der Waals surface area contributed by atoms with Gasteiger partial charge in [-0.3, -0.25) is 4.79 Å². The van der Waals surface area contributed by atoms with Gasteiger partial charge >= 0.3 is 5.97 Å². The highest BCUT2D eigenvalue weighted by Crippen LogP contribution is 2.37. The van der Waals surface area contributed by atoms with Crippen LogP contribution in [-0.4, -0.2) is 30.3 Å². The van der Waals surface area contributed by atoms with Crippen LogP contribution in [0.5, 0.6) is 11.5 Å². The van der Waals surface area contributed by atoms with Crippen LogP contribution >= 0.6 is 0 Å². The summed E-state index contributed by atoms with van der Waals surface area (Å²) in [7, 11) is 3.21. The van der Waals surface area contributed by atoms with E-state index in [2.05, 4.69) is 4.98 Å². The smallest absolute Gasteiger partial charge is 0.310 e. The molecule has 0 saturated carbocycles. The van der Waals surface area contributed by atoms with Crippen LogP contribution in [0, 0.1) is 0 Å². The molecule has 0 amide bonds. The van der Waals surface area contributed by atoms with Gasteiger partial charge in [0.15, 0.2) is 0 Å². The predicted octanol–water partition coefficient (Wildman–Crippen LogP) is 4.04. The Kier molecular flexibility index (Phi) is 4.16. The molecule has 1 atom stereocenters. The monoisotopic (exact) mass is 325 g/mol. The molecule has 3 rings (SSSR count). The van der Waals surface area contributed by atoms with E-state index in [9.17, 15) is 9.90 Å². The third-order valence-corrected chi connectivity index (χ3v) is 4.23. The van der Waals surface area contributed by atoms with Gasteiger partial charge in [0.2, 0.25) is 0 Å². The molecule has 1 aromatic heterocycles. The number of ether oxygens (including phenoxy) is 2. The number of aliphatic carboxylic acids is 1. The van der Waals surface area contributed by atoms with Crippen LogP contribution in [0.2, 0.25) is 0 Å². The largest absolute Gasteiger partial charge is 0.497 e. The highest BCUT2D eigenvalue weighted by atomic mass is 16.5. The van der Waals surface area contributed by atoms with Gasteiger partial charge in [0.05, 0.1) is 25.8 Å². The lowest BCUT2D eigenvalue weighted by Crippen LogP contribution is -2.08. The molecule has 0 fully saturated rings. The van der Waals surface area contributed by atoms with Crippen LogP contribution < -0.4 is 9.47 Å². The second-order valence-electron chi connectivity index (χ2n) is 5.61. The average molecular weight is 325 g/mol. The normalized spacial score (nSPS) is 12.1. The first-order valence-electron chi connectivity index (χ1n) is 7.62.